The molecule has 102 valence electrons. The molecule has 0 spiro atoms. The van der Waals surface area contributed by atoms with Crippen molar-refractivity contribution in [3.8, 4) is 0 Å². The van der Waals surface area contributed by atoms with E-state index in [9.17, 15) is 4.79 Å². The van der Waals surface area contributed by atoms with Crippen LogP contribution in [-0.2, 0) is 11.2 Å². The number of aromatic nitrogens is 2. The predicted molar refractivity (Wildman–Crippen MR) is 69.8 cm³/mol. The monoisotopic (exact) mass is 274 g/mol. The van der Waals surface area contributed by atoms with E-state index < -0.39 is 0 Å². The highest BCUT2D eigenvalue weighted by Crippen LogP contribution is 2.06. The number of rotatable bonds is 8. The smallest absolute Gasteiger partial charge is 0.315 e. The van der Waals surface area contributed by atoms with Gasteiger partial charge in [-0.05, 0) is 13.8 Å². The van der Waals surface area contributed by atoms with Crippen LogP contribution < -0.4 is 5.32 Å². The number of halogens is 1. The third-order valence-corrected chi connectivity index (χ3v) is 2.70. The van der Waals surface area contributed by atoms with Gasteiger partial charge in [0.15, 0.2) is 0 Å². The van der Waals surface area contributed by atoms with E-state index in [1.54, 1.807) is 4.90 Å². The fourth-order valence-electron chi connectivity index (χ4n) is 1.52. The molecule has 1 heterocycles. The Balaban J connectivity index is 2.30. The highest BCUT2D eigenvalue weighted by molar-refractivity contribution is 6.17. The van der Waals surface area contributed by atoms with Crippen molar-refractivity contribution in [2.45, 2.75) is 26.7 Å². The molecular formula is C11H19ClN4O2. The molecule has 0 bridgehead atoms. The largest absolute Gasteiger partial charge is 0.408 e. The minimum Gasteiger partial charge on any atom is -0.408 e. The number of aryl methyl sites for hydroxylation is 1. The number of amides is 1. The van der Waals surface area contributed by atoms with Crippen molar-refractivity contribution < 1.29 is 9.21 Å². The minimum atomic E-state index is 0.119. The third kappa shape index (κ3) is 4.52. The van der Waals surface area contributed by atoms with Crippen LogP contribution in [-0.4, -0.2) is 46.5 Å². The second-order valence-corrected chi connectivity index (χ2v) is 4.06. The van der Waals surface area contributed by atoms with Gasteiger partial charge in [0.25, 0.3) is 0 Å². The topological polar surface area (TPSA) is 71.3 Å². The van der Waals surface area contributed by atoms with Crippen molar-refractivity contribution in [2.75, 3.05) is 30.8 Å². The van der Waals surface area contributed by atoms with Crippen LogP contribution in [0.15, 0.2) is 4.42 Å². The molecule has 0 unspecified atom stereocenters. The first-order valence-electron chi connectivity index (χ1n) is 6.11. The Morgan fingerprint density at radius 3 is 2.72 bits per heavy atom. The molecule has 0 aliphatic heterocycles. The van der Waals surface area contributed by atoms with Gasteiger partial charge in [-0.15, -0.1) is 16.7 Å². The summed E-state index contributed by atoms with van der Waals surface area (Å²) in [6.45, 7) is 5.87. The fourth-order valence-corrected chi connectivity index (χ4v) is 1.68. The summed E-state index contributed by atoms with van der Waals surface area (Å²) < 4.78 is 5.28. The summed E-state index contributed by atoms with van der Waals surface area (Å²) in [4.78, 5) is 13.5. The summed E-state index contributed by atoms with van der Waals surface area (Å²) >= 11 is 5.56. The lowest BCUT2D eigenvalue weighted by Gasteiger charge is -2.18. The quantitative estimate of drug-likeness (QED) is 0.728. The standard InChI is InChI=1S/C11H19ClN4O2/c1-3-16(4-2)10(17)6-8-13-11-15-14-9(18-11)5-7-12/h3-8H2,1-2H3,(H,13,15). The van der Waals surface area contributed by atoms with Gasteiger partial charge in [-0.2, -0.15) is 0 Å². The highest BCUT2D eigenvalue weighted by atomic mass is 35.5. The van der Waals surface area contributed by atoms with Crippen molar-refractivity contribution in [2.24, 2.45) is 0 Å². The van der Waals surface area contributed by atoms with E-state index in [1.807, 2.05) is 13.8 Å². The molecule has 0 aliphatic carbocycles. The van der Waals surface area contributed by atoms with Gasteiger partial charge in [0.2, 0.25) is 11.8 Å². The number of nitrogens with zero attached hydrogens (tertiary/aromatic N) is 3. The molecule has 0 saturated carbocycles. The van der Waals surface area contributed by atoms with Crippen LogP contribution in [0.25, 0.3) is 0 Å². The molecule has 0 fully saturated rings. The average Bonchev–Trinajstić information content (AvgIpc) is 2.79. The van der Waals surface area contributed by atoms with Crippen LogP contribution in [0.5, 0.6) is 0 Å². The van der Waals surface area contributed by atoms with E-state index in [0.717, 1.165) is 13.1 Å². The number of nitrogens with one attached hydrogen (secondary N) is 1. The molecule has 1 aromatic heterocycles. The Morgan fingerprint density at radius 2 is 2.11 bits per heavy atom. The molecule has 6 nitrogen and oxygen atoms in total. The van der Waals surface area contributed by atoms with E-state index in [-0.39, 0.29) is 5.91 Å². The number of carbonyl (C=O) groups is 1. The summed E-state index contributed by atoms with van der Waals surface area (Å²) in [5.41, 5.74) is 0. The van der Waals surface area contributed by atoms with Crippen molar-refractivity contribution in [3.63, 3.8) is 0 Å². The van der Waals surface area contributed by atoms with Crippen LogP contribution in [0, 0.1) is 0 Å². The van der Waals surface area contributed by atoms with Crippen molar-refractivity contribution in [1.29, 1.82) is 0 Å². The second-order valence-electron chi connectivity index (χ2n) is 3.68. The van der Waals surface area contributed by atoms with Gasteiger partial charge in [0.05, 0.1) is 0 Å². The maximum atomic E-state index is 11.7. The Bertz CT molecular complexity index is 366. The van der Waals surface area contributed by atoms with E-state index in [4.69, 9.17) is 16.0 Å². The van der Waals surface area contributed by atoms with Crippen molar-refractivity contribution in [1.82, 2.24) is 15.1 Å². The summed E-state index contributed by atoms with van der Waals surface area (Å²) in [5.74, 6) is 1.07. The lowest BCUT2D eigenvalue weighted by molar-refractivity contribution is -0.130. The fraction of sp³-hybridized carbons (Fsp3) is 0.727. The van der Waals surface area contributed by atoms with Gasteiger partial charge in [-0.3, -0.25) is 4.79 Å². The van der Waals surface area contributed by atoms with Crippen LogP contribution >= 0.6 is 11.6 Å². The number of carbonyl (C=O) groups excluding carboxylic acids is 1. The average molecular weight is 275 g/mol. The Labute approximate surface area is 112 Å². The number of alkyl halides is 1. The summed E-state index contributed by atoms with van der Waals surface area (Å²) in [7, 11) is 0. The van der Waals surface area contributed by atoms with Gasteiger partial charge in [0, 0.05) is 38.4 Å². The third-order valence-electron chi connectivity index (χ3n) is 2.51. The van der Waals surface area contributed by atoms with Gasteiger partial charge in [-0.25, -0.2) is 0 Å². The van der Waals surface area contributed by atoms with Gasteiger partial charge in [-0.1, -0.05) is 5.10 Å². The summed E-state index contributed by atoms with van der Waals surface area (Å²) in [6.07, 6.45) is 0.962. The number of hydrogen-bond donors (Lipinski definition) is 1. The Hall–Kier alpha value is -1.30. The number of anilines is 1. The molecule has 7 heteroatoms. The molecule has 0 atom stereocenters. The van der Waals surface area contributed by atoms with Gasteiger partial charge < -0.3 is 14.6 Å². The zero-order chi connectivity index (χ0) is 13.4. The maximum absolute atomic E-state index is 11.7. The zero-order valence-corrected chi connectivity index (χ0v) is 11.5. The lowest BCUT2D eigenvalue weighted by atomic mass is 10.3. The van der Waals surface area contributed by atoms with Gasteiger partial charge in [0.1, 0.15) is 0 Å². The molecule has 0 radical (unpaired) electrons. The molecule has 1 rings (SSSR count). The molecule has 1 amide bonds. The molecule has 0 aliphatic rings. The summed E-state index contributed by atoms with van der Waals surface area (Å²) in [5, 5.41) is 10.5. The van der Waals surface area contributed by atoms with Crippen molar-refractivity contribution in [3.05, 3.63) is 5.89 Å². The molecule has 0 aromatic carbocycles. The van der Waals surface area contributed by atoms with Crippen LogP contribution in [0.2, 0.25) is 0 Å². The minimum absolute atomic E-state index is 0.119. The van der Waals surface area contributed by atoms with Crippen LogP contribution in [0.3, 0.4) is 0 Å². The van der Waals surface area contributed by atoms with Crippen molar-refractivity contribution >= 4 is 23.5 Å². The lowest BCUT2D eigenvalue weighted by Crippen LogP contribution is -2.31. The molecule has 1 N–H and O–H groups in total. The summed E-state index contributed by atoms with van der Waals surface area (Å²) in [6, 6.07) is 0.336. The first-order chi connectivity index (χ1) is 8.71. The molecule has 1 aromatic rings. The SMILES string of the molecule is CCN(CC)C(=O)CCNc1nnc(CCCl)o1. The predicted octanol–water partition coefficient (Wildman–Crippen LogP) is 1.52. The van der Waals surface area contributed by atoms with E-state index in [1.165, 1.54) is 0 Å². The van der Waals surface area contributed by atoms with E-state index in [0.29, 0.717) is 37.2 Å². The first-order valence-corrected chi connectivity index (χ1v) is 6.64. The van der Waals surface area contributed by atoms with E-state index in [2.05, 4.69) is 15.5 Å². The van der Waals surface area contributed by atoms with Crippen LogP contribution in [0.4, 0.5) is 6.01 Å². The van der Waals surface area contributed by atoms with E-state index >= 15 is 0 Å². The normalized spacial score (nSPS) is 10.4. The zero-order valence-electron chi connectivity index (χ0n) is 10.8. The molecule has 18 heavy (non-hydrogen) atoms. The maximum Gasteiger partial charge on any atom is 0.315 e. The molecular weight excluding hydrogens is 256 g/mol. The first kappa shape index (κ1) is 14.8. The second kappa shape index (κ2) is 7.92. The number of hydrogen-bond acceptors (Lipinski definition) is 5. The highest BCUT2D eigenvalue weighted by Gasteiger charge is 2.10. The molecule has 0 saturated heterocycles. The Kier molecular flexibility index (Phi) is 6.49. The van der Waals surface area contributed by atoms with Gasteiger partial charge >= 0.3 is 6.01 Å². The van der Waals surface area contributed by atoms with Crippen LogP contribution in [0.1, 0.15) is 26.2 Å². The Morgan fingerprint density at radius 1 is 1.39 bits per heavy atom.